The normalized spacial score (nSPS) is 18.2. The summed E-state index contributed by atoms with van der Waals surface area (Å²) in [6, 6.07) is 1.59. The van der Waals surface area contributed by atoms with Gasteiger partial charge < -0.3 is 15.4 Å². The molecule has 0 atom stereocenters. The summed E-state index contributed by atoms with van der Waals surface area (Å²) in [7, 11) is 1.35. The number of ether oxygens (including phenoxy) is 1. The van der Waals surface area contributed by atoms with E-state index in [1.54, 1.807) is 12.3 Å². The summed E-state index contributed by atoms with van der Waals surface area (Å²) in [5.74, 6) is 1.28. The van der Waals surface area contributed by atoms with Crippen molar-refractivity contribution in [2.45, 2.75) is 18.6 Å². The highest BCUT2D eigenvalue weighted by Crippen LogP contribution is 2.34. The second-order valence-corrected chi connectivity index (χ2v) is 6.92. The largest absolute Gasteiger partial charge is 0.465 e. The van der Waals surface area contributed by atoms with Crippen LogP contribution < -0.4 is 10.6 Å². The standard InChI is InChI=1S/C13H19N3O2S/c1-13(2)8-16(6-7-19-13)11-10(14)9(4-5-15-11)12(17)18-3/h4-5H,6-8,14H2,1-3H3. The van der Waals surface area contributed by atoms with Crippen LogP contribution in [-0.4, -0.2) is 41.7 Å². The Bertz CT molecular complexity index is 491. The maximum absolute atomic E-state index is 11.6. The van der Waals surface area contributed by atoms with E-state index in [4.69, 9.17) is 10.5 Å². The van der Waals surface area contributed by atoms with Crippen molar-refractivity contribution in [1.82, 2.24) is 4.98 Å². The highest BCUT2D eigenvalue weighted by molar-refractivity contribution is 8.00. The summed E-state index contributed by atoms with van der Waals surface area (Å²) in [4.78, 5) is 18.1. The number of pyridine rings is 1. The molecule has 1 aliphatic rings. The first-order valence-corrected chi connectivity index (χ1v) is 7.15. The quantitative estimate of drug-likeness (QED) is 0.833. The third-order valence-electron chi connectivity index (χ3n) is 3.10. The molecule has 0 spiro atoms. The summed E-state index contributed by atoms with van der Waals surface area (Å²) in [6.07, 6.45) is 1.60. The first kappa shape index (κ1) is 14.0. The molecule has 104 valence electrons. The zero-order valence-corrected chi connectivity index (χ0v) is 12.3. The minimum Gasteiger partial charge on any atom is -0.465 e. The fourth-order valence-corrected chi connectivity index (χ4v) is 3.31. The number of anilines is 2. The van der Waals surface area contributed by atoms with Crippen LogP contribution in [0.1, 0.15) is 24.2 Å². The van der Waals surface area contributed by atoms with Gasteiger partial charge in [0.05, 0.1) is 18.4 Å². The van der Waals surface area contributed by atoms with E-state index in [1.807, 2.05) is 11.8 Å². The number of nitrogens with two attached hydrogens (primary N) is 1. The number of aromatic nitrogens is 1. The first-order valence-electron chi connectivity index (χ1n) is 6.16. The topological polar surface area (TPSA) is 68.5 Å². The van der Waals surface area contributed by atoms with E-state index in [-0.39, 0.29) is 4.75 Å². The van der Waals surface area contributed by atoms with E-state index in [2.05, 4.69) is 23.7 Å². The maximum Gasteiger partial charge on any atom is 0.340 e. The van der Waals surface area contributed by atoms with Crippen molar-refractivity contribution in [3.63, 3.8) is 0 Å². The number of nitrogens with zero attached hydrogens (tertiary/aromatic N) is 2. The fraction of sp³-hybridized carbons (Fsp3) is 0.538. The van der Waals surface area contributed by atoms with Crippen LogP contribution in [0.2, 0.25) is 0 Å². The Morgan fingerprint density at radius 3 is 2.95 bits per heavy atom. The molecule has 1 aliphatic heterocycles. The number of esters is 1. The zero-order valence-electron chi connectivity index (χ0n) is 11.5. The number of thioether (sulfide) groups is 1. The summed E-state index contributed by atoms with van der Waals surface area (Å²) in [5, 5.41) is 0. The van der Waals surface area contributed by atoms with Crippen LogP contribution in [-0.2, 0) is 4.74 Å². The number of rotatable bonds is 2. The number of carbonyl (C=O) groups excluding carboxylic acids is 1. The number of nitrogen functional groups attached to an aromatic ring is 1. The van der Waals surface area contributed by atoms with Crippen LogP contribution in [0.5, 0.6) is 0 Å². The molecule has 0 aromatic carbocycles. The van der Waals surface area contributed by atoms with Gasteiger partial charge in [0.2, 0.25) is 0 Å². The van der Waals surface area contributed by atoms with Gasteiger partial charge in [0.1, 0.15) is 0 Å². The van der Waals surface area contributed by atoms with Crippen molar-refractivity contribution in [3.05, 3.63) is 17.8 Å². The van der Waals surface area contributed by atoms with Crippen molar-refractivity contribution >= 4 is 29.2 Å². The van der Waals surface area contributed by atoms with Gasteiger partial charge in [-0.05, 0) is 19.9 Å². The van der Waals surface area contributed by atoms with Crippen molar-refractivity contribution in [2.75, 3.05) is 36.6 Å². The molecule has 1 saturated heterocycles. The van der Waals surface area contributed by atoms with Gasteiger partial charge in [-0.3, -0.25) is 0 Å². The lowest BCUT2D eigenvalue weighted by atomic mass is 10.1. The van der Waals surface area contributed by atoms with Crippen molar-refractivity contribution in [3.8, 4) is 0 Å². The number of hydrogen-bond donors (Lipinski definition) is 1. The lowest BCUT2D eigenvalue weighted by Crippen LogP contribution is -2.43. The number of carbonyl (C=O) groups is 1. The van der Waals surface area contributed by atoms with Gasteiger partial charge in [-0.1, -0.05) is 0 Å². The van der Waals surface area contributed by atoms with E-state index in [0.29, 0.717) is 17.1 Å². The zero-order chi connectivity index (χ0) is 14.0. The van der Waals surface area contributed by atoms with Crippen molar-refractivity contribution < 1.29 is 9.53 Å². The Balaban J connectivity index is 2.32. The molecule has 2 N–H and O–H groups in total. The molecular formula is C13H19N3O2S. The molecule has 0 radical (unpaired) electrons. The highest BCUT2D eigenvalue weighted by Gasteiger charge is 2.29. The molecule has 0 unspecified atom stereocenters. The molecule has 2 heterocycles. The third-order valence-corrected chi connectivity index (χ3v) is 4.40. The van der Waals surface area contributed by atoms with Crippen LogP contribution in [0.4, 0.5) is 11.5 Å². The second-order valence-electron chi connectivity index (χ2n) is 5.12. The van der Waals surface area contributed by atoms with E-state index < -0.39 is 5.97 Å². The molecule has 6 heteroatoms. The molecule has 0 bridgehead atoms. The molecule has 1 fully saturated rings. The van der Waals surface area contributed by atoms with Crippen LogP contribution in [0.15, 0.2) is 12.3 Å². The Morgan fingerprint density at radius 1 is 1.58 bits per heavy atom. The smallest absolute Gasteiger partial charge is 0.340 e. The maximum atomic E-state index is 11.6. The summed E-state index contributed by atoms with van der Waals surface area (Å²) in [6.45, 7) is 6.14. The molecule has 0 aliphatic carbocycles. The summed E-state index contributed by atoms with van der Waals surface area (Å²) < 4.78 is 4.89. The van der Waals surface area contributed by atoms with E-state index >= 15 is 0 Å². The van der Waals surface area contributed by atoms with E-state index in [0.717, 1.165) is 18.8 Å². The van der Waals surface area contributed by atoms with Crippen LogP contribution in [0.3, 0.4) is 0 Å². The number of hydrogen-bond acceptors (Lipinski definition) is 6. The molecule has 5 nitrogen and oxygen atoms in total. The third kappa shape index (κ3) is 2.94. The van der Waals surface area contributed by atoms with Crippen LogP contribution >= 0.6 is 11.8 Å². The molecule has 0 amide bonds. The van der Waals surface area contributed by atoms with Gasteiger partial charge in [0.25, 0.3) is 0 Å². The Hall–Kier alpha value is -1.43. The molecule has 1 aromatic heterocycles. The number of methoxy groups -OCH3 is 1. The minimum absolute atomic E-state index is 0.160. The average molecular weight is 281 g/mol. The fourth-order valence-electron chi connectivity index (χ4n) is 2.20. The Kier molecular flexibility index (Phi) is 3.89. The van der Waals surface area contributed by atoms with Gasteiger partial charge in [-0.2, -0.15) is 11.8 Å². The lowest BCUT2D eigenvalue weighted by Gasteiger charge is -2.38. The van der Waals surface area contributed by atoms with E-state index in [9.17, 15) is 4.79 Å². The van der Waals surface area contributed by atoms with Crippen LogP contribution in [0, 0.1) is 0 Å². The molecular weight excluding hydrogens is 262 g/mol. The Morgan fingerprint density at radius 2 is 2.32 bits per heavy atom. The highest BCUT2D eigenvalue weighted by atomic mass is 32.2. The second kappa shape index (κ2) is 5.28. The first-order chi connectivity index (χ1) is 8.94. The van der Waals surface area contributed by atoms with Gasteiger partial charge >= 0.3 is 5.97 Å². The Labute approximate surface area is 117 Å². The summed E-state index contributed by atoms with van der Waals surface area (Å²) in [5.41, 5.74) is 6.85. The molecule has 1 aromatic rings. The summed E-state index contributed by atoms with van der Waals surface area (Å²) >= 11 is 1.94. The van der Waals surface area contributed by atoms with Gasteiger partial charge in [-0.25, -0.2) is 9.78 Å². The predicted octanol–water partition coefficient (Wildman–Crippen LogP) is 1.78. The lowest BCUT2D eigenvalue weighted by molar-refractivity contribution is 0.0602. The monoisotopic (exact) mass is 281 g/mol. The molecule has 0 saturated carbocycles. The SMILES string of the molecule is COC(=O)c1ccnc(N2CCSC(C)(C)C2)c1N. The molecule has 2 rings (SSSR count). The predicted molar refractivity (Wildman–Crippen MR) is 78.7 cm³/mol. The van der Waals surface area contributed by atoms with Gasteiger partial charge in [0.15, 0.2) is 5.82 Å². The average Bonchev–Trinajstić information content (AvgIpc) is 2.37. The minimum atomic E-state index is -0.424. The molecule has 19 heavy (non-hydrogen) atoms. The van der Waals surface area contributed by atoms with E-state index in [1.165, 1.54) is 7.11 Å². The van der Waals surface area contributed by atoms with Crippen molar-refractivity contribution in [2.24, 2.45) is 0 Å². The van der Waals surface area contributed by atoms with Gasteiger partial charge in [-0.15, -0.1) is 0 Å². The van der Waals surface area contributed by atoms with Crippen LogP contribution in [0.25, 0.3) is 0 Å². The van der Waals surface area contributed by atoms with Crippen molar-refractivity contribution in [1.29, 1.82) is 0 Å². The van der Waals surface area contributed by atoms with Gasteiger partial charge in [0, 0.05) is 29.8 Å².